The molecule has 3 rings (SSSR count). The number of fused-ring (bicyclic) bond motifs is 2. The number of rotatable bonds is 5. The summed E-state index contributed by atoms with van der Waals surface area (Å²) in [7, 11) is 4.13. The minimum Gasteiger partial charge on any atom is -0.488 e. The van der Waals surface area contributed by atoms with Crippen LogP contribution in [-0.4, -0.2) is 36.6 Å². The Kier molecular flexibility index (Phi) is 5.19. The van der Waals surface area contributed by atoms with Gasteiger partial charge in [-0.1, -0.05) is 42.5 Å². The lowest BCUT2D eigenvalue weighted by Crippen LogP contribution is -2.12. The molecule has 0 aromatic heterocycles. The van der Waals surface area contributed by atoms with E-state index in [2.05, 4.69) is 37.2 Å². The fraction of sp³-hybridized carbons (Fsp3) is 0.286. The predicted molar refractivity (Wildman–Crippen MR) is 98.8 cm³/mol. The van der Waals surface area contributed by atoms with Gasteiger partial charge in [-0.15, -0.1) is 0 Å². The van der Waals surface area contributed by atoms with Crippen molar-refractivity contribution in [2.45, 2.75) is 19.4 Å². The Balaban J connectivity index is 2.04. The van der Waals surface area contributed by atoms with E-state index < -0.39 is 5.97 Å². The smallest absolute Gasteiger partial charge is 0.307 e. The number of carboxylic acids is 1. The third kappa shape index (κ3) is 4.09. The van der Waals surface area contributed by atoms with Crippen molar-refractivity contribution in [2.75, 3.05) is 20.6 Å². The number of hydrogen-bond donors (Lipinski definition) is 1. The second-order valence-corrected chi connectivity index (χ2v) is 6.56. The molecule has 1 aliphatic rings. The highest BCUT2D eigenvalue weighted by Crippen LogP contribution is 2.37. The maximum atomic E-state index is 11.0. The average Bonchev–Trinajstić information content (AvgIpc) is 2.71. The highest BCUT2D eigenvalue weighted by molar-refractivity contribution is 5.85. The van der Waals surface area contributed by atoms with Gasteiger partial charge in [0.25, 0.3) is 0 Å². The lowest BCUT2D eigenvalue weighted by atomic mass is 9.92. The van der Waals surface area contributed by atoms with E-state index in [0.717, 1.165) is 41.0 Å². The van der Waals surface area contributed by atoms with Crippen LogP contribution in [0, 0.1) is 0 Å². The van der Waals surface area contributed by atoms with Gasteiger partial charge < -0.3 is 14.7 Å². The first-order valence-corrected chi connectivity index (χ1v) is 8.45. The van der Waals surface area contributed by atoms with Crippen molar-refractivity contribution in [3.8, 4) is 5.75 Å². The molecule has 0 radical (unpaired) electrons. The monoisotopic (exact) mass is 337 g/mol. The molecule has 2 aromatic rings. The molecule has 0 saturated carbocycles. The van der Waals surface area contributed by atoms with Gasteiger partial charge in [0.2, 0.25) is 0 Å². The van der Waals surface area contributed by atoms with Gasteiger partial charge in [0.15, 0.2) is 0 Å². The molecule has 1 heterocycles. The third-order valence-corrected chi connectivity index (χ3v) is 4.31. The third-order valence-electron chi connectivity index (χ3n) is 4.31. The van der Waals surface area contributed by atoms with E-state index in [0.29, 0.717) is 6.61 Å². The molecule has 4 heteroatoms. The van der Waals surface area contributed by atoms with Crippen LogP contribution in [0.1, 0.15) is 28.7 Å². The molecular weight excluding hydrogens is 314 g/mol. The SMILES string of the molecule is CN(C)CCC=C1c2ccccc2COc2cc(CC(=O)O)ccc21. The Labute approximate surface area is 148 Å². The van der Waals surface area contributed by atoms with Crippen LogP contribution in [0.15, 0.2) is 48.5 Å². The van der Waals surface area contributed by atoms with Crippen molar-refractivity contribution < 1.29 is 14.6 Å². The van der Waals surface area contributed by atoms with Gasteiger partial charge in [0.05, 0.1) is 6.42 Å². The predicted octanol–water partition coefficient (Wildman–Crippen LogP) is 3.59. The zero-order valence-electron chi connectivity index (χ0n) is 14.7. The van der Waals surface area contributed by atoms with E-state index in [9.17, 15) is 4.79 Å². The van der Waals surface area contributed by atoms with Gasteiger partial charge in [0, 0.05) is 12.1 Å². The van der Waals surface area contributed by atoms with Crippen LogP contribution in [-0.2, 0) is 17.8 Å². The number of benzene rings is 2. The summed E-state index contributed by atoms with van der Waals surface area (Å²) in [6, 6.07) is 14.0. The van der Waals surface area contributed by atoms with Crippen LogP contribution in [0.25, 0.3) is 5.57 Å². The molecule has 1 N–H and O–H groups in total. The average molecular weight is 337 g/mol. The Morgan fingerprint density at radius 2 is 2.00 bits per heavy atom. The van der Waals surface area contributed by atoms with Crippen molar-refractivity contribution in [1.82, 2.24) is 4.90 Å². The van der Waals surface area contributed by atoms with Gasteiger partial charge in [-0.2, -0.15) is 0 Å². The fourth-order valence-corrected chi connectivity index (χ4v) is 3.09. The van der Waals surface area contributed by atoms with E-state index in [1.165, 1.54) is 5.56 Å². The summed E-state index contributed by atoms with van der Waals surface area (Å²) in [6.07, 6.45) is 3.19. The molecule has 0 unspecified atom stereocenters. The second-order valence-electron chi connectivity index (χ2n) is 6.56. The van der Waals surface area contributed by atoms with Gasteiger partial charge in [0.1, 0.15) is 12.4 Å². The summed E-state index contributed by atoms with van der Waals surface area (Å²) in [5, 5.41) is 9.03. The molecule has 0 spiro atoms. The molecule has 4 nitrogen and oxygen atoms in total. The minimum absolute atomic E-state index is 0.00324. The standard InChI is InChI=1S/C21H23NO3/c1-22(2)11-5-8-18-17-7-4-3-6-16(17)14-25-20-12-15(13-21(23)24)9-10-19(18)20/h3-4,6-10,12H,5,11,13-14H2,1-2H3,(H,23,24). The van der Waals surface area contributed by atoms with Gasteiger partial charge >= 0.3 is 5.97 Å². The second kappa shape index (κ2) is 7.53. The summed E-state index contributed by atoms with van der Waals surface area (Å²) in [5.41, 5.74) is 5.27. The summed E-state index contributed by atoms with van der Waals surface area (Å²) < 4.78 is 6.01. The summed E-state index contributed by atoms with van der Waals surface area (Å²) in [6.45, 7) is 1.46. The van der Waals surface area contributed by atoms with Crippen molar-refractivity contribution in [1.29, 1.82) is 0 Å². The highest BCUT2D eigenvalue weighted by Gasteiger charge is 2.19. The maximum Gasteiger partial charge on any atom is 0.307 e. The van der Waals surface area contributed by atoms with Crippen LogP contribution >= 0.6 is 0 Å². The van der Waals surface area contributed by atoms with E-state index in [4.69, 9.17) is 9.84 Å². The minimum atomic E-state index is -0.835. The highest BCUT2D eigenvalue weighted by atomic mass is 16.5. The van der Waals surface area contributed by atoms with Crippen LogP contribution in [0.5, 0.6) is 5.75 Å². The van der Waals surface area contributed by atoms with Gasteiger partial charge in [-0.25, -0.2) is 0 Å². The molecule has 25 heavy (non-hydrogen) atoms. The van der Waals surface area contributed by atoms with Crippen LogP contribution in [0.4, 0.5) is 0 Å². The molecule has 130 valence electrons. The van der Waals surface area contributed by atoms with E-state index in [-0.39, 0.29) is 6.42 Å². The van der Waals surface area contributed by atoms with E-state index >= 15 is 0 Å². The van der Waals surface area contributed by atoms with E-state index in [1.54, 1.807) is 0 Å². The molecule has 0 saturated heterocycles. The Hall–Kier alpha value is -2.59. The zero-order chi connectivity index (χ0) is 17.8. The summed E-state index contributed by atoms with van der Waals surface area (Å²) >= 11 is 0. The first-order valence-electron chi connectivity index (χ1n) is 8.45. The number of carboxylic acid groups (broad SMARTS) is 1. The number of ether oxygens (including phenoxy) is 1. The van der Waals surface area contributed by atoms with Crippen molar-refractivity contribution in [3.05, 3.63) is 70.8 Å². The fourth-order valence-electron chi connectivity index (χ4n) is 3.09. The quantitative estimate of drug-likeness (QED) is 0.906. The first kappa shape index (κ1) is 17.2. The number of hydrogen-bond acceptors (Lipinski definition) is 3. The number of nitrogens with zero attached hydrogens (tertiary/aromatic N) is 1. The number of aliphatic carboxylic acids is 1. The Morgan fingerprint density at radius 1 is 1.20 bits per heavy atom. The largest absolute Gasteiger partial charge is 0.488 e. The molecule has 0 bridgehead atoms. The molecule has 2 aromatic carbocycles. The maximum absolute atomic E-state index is 11.0. The number of carbonyl (C=O) groups is 1. The Morgan fingerprint density at radius 3 is 2.76 bits per heavy atom. The van der Waals surface area contributed by atoms with Crippen LogP contribution < -0.4 is 4.74 Å². The van der Waals surface area contributed by atoms with E-state index in [1.807, 2.05) is 30.3 Å². The first-order chi connectivity index (χ1) is 12.0. The lowest BCUT2D eigenvalue weighted by molar-refractivity contribution is -0.136. The van der Waals surface area contributed by atoms with Crippen LogP contribution in [0.2, 0.25) is 0 Å². The normalized spacial score (nSPS) is 14.6. The zero-order valence-corrected chi connectivity index (χ0v) is 14.7. The van der Waals surface area contributed by atoms with Crippen molar-refractivity contribution in [3.63, 3.8) is 0 Å². The Bertz CT molecular complexity index is 809. The molecule has 0 atom stereocenters. The van der Waals surface area contributed by atoms with Gasteiger partial charge in [-0.05, 0) is 48.8 Å². The summed E-state index contributed by atoms with van der Waals surface area (Å²) in [4.78, 5) is 13.2. The summed E-state index contributed by atoms with van der Waals surface area (Å²) in [5.74, 6) is -0.0790. The molecule has 0 aliphatic carbocycles. The van der Waals surface area contributed by atoms with Crippen molar-refractivity contribution >= 4 is 11.5 Å². The van der Waals surface area contributed by atoms with Crippen LogP contribution in [0.3, 0.4) is 0 Å². The topological polar surface area (TPSA) is 49.8 Å². The molecule has 1 aliphatic heterocycles. The van der Waals surface area contributed by atoms with Gasteiger partial charge in [-0.3, -0.25) is 4.79 Å². The molecule has 0 amide bonds. The van der Waals surface area contributed by atoms with Crippen molar-refractivity contribution in [2.24, 2.45) is 0 Å². The lowest BCUT2D eigenvalue weighted by Gasteiger charge is -2.13. The molecular formula is C21H23NO3. The molecule has 0 fully saturated rings.